The molecule has 12 nitrogen and oxygen atoms in total. The first-order valence-corrected chi connectivity index (χ1v) is 18.2. The monoisotopic (exact) mass is 757 g/mol. The molecule has 8 rings (SSSR count). The highest BCUT2D eigenvalue weighted by Gasteiger charge is 2.61. The van der Waals surface area contributed by atoms with Gasteiger partial charge in [-0.05, 0) is 67.3 Å². The second-order valence-corrected chi connectivity index (χ2v) is 14.5. The summed E-state index contributed by atoms with van der Waals surface area (Å²) < 4.78 is 41.0. The zero-order valence-corrected chi connectivity index (χ0v) is 31.1. The number of ether oxygens (including phenoxy) is 2. The number of hydrogen-bond acceptors (Lipinski definition) is 10. The minimum atomic E-state index is -3.04. The van der Waals surface area contributed by atoms with Crippen LogP contribution in [0.2, 0.25) is 5.02 Å². The fourth-order valence-corrected chi connectivity index (χ4v) is 8.76. The van der Waals surface area contributed by atoms with E-state index < -0.39 is 23.5 Å². The molecule has 1 N–H and O–H groups in total. The van der Waals surface area contributed by atoms with Crippen molar-refractivity contribution in [1.29, 1.82) is 0 Å². The molecule has 3 aliphatic rings. The molecular formula is C39H38ClF2N7O5. The van der Waals surface area contributed by atoms with Crippen LogP contribution in [0.3, 0.4) is 0 Å². The molecule has 4 heterocycles. The standard InChI is InChI=1S/C39H38ClF2N7O5/c1-6-54-38(51)29-23-16-49(17-24(23)29)27-14-13-19-15-26(44-36(53-5)28(19)27)22-11-7-10-21(31(22)40)20-9-8-12-25(18(20)2)43-33-30-35(46-34(45-33)32(41)42)47(3)39(52)48(4)37(30)50/h7-12,15,23-24,27,29,32H,6,13-14,16-17H2,1-5H3,(H,43,45,46). The summed E-state index contributed by atoms with van der Waals surface area (Å²) in [5, 5.41) is 3.44. The molecule has 54 heavy (non-hydrogen) atoms. The van der Waals surface area contributed by atoms with Gasteiger partial charge in [-0.3, -0.25) is 23.6 Å². The summed E-state index contributed by atoms with van der Waals surface area (Å²) in [4.78, 5) is 53.5. The first-order chi connectivity index (χ1) is 25.9. The molecule has 0 spiro atoms. The van der Waals surface area contributed by atoms with E-state index in [0.29, 0.717) is 57.4 Å². The van der Waals surface area contributed by atoms with Crippen LogP contribution in [-0.4, -0.2) is 61.8 Å². The number of fused-ring (bicyclic) bond motifs is 3. The number of carbonyl (C=O) groups is 1. The Morgan fingerprint density at radius 2 is 1.72 bits per heavy atom. The molecule has 3 atom stereocenters. The fraction of sp³-hybridized carbons (Fsp3) is 0.385. The molecule has 280 valence electrons. The van der Waals surface area contributed by atoms with Crippen LogP contribution < -0.4 is 21.3 Å². The Labute approximate surface area is 313 Å². The molecule has 3 aromatic heterocycles. The molecule has 0 amide bonds. The summed E-state index contributed by atoms with van der Waals surface area (Å²) in [6.45, 7) is 5.78. The van der Waals surface area contributed by atoms with E-state index in [2.05, 4.69) is 26.3 Å². The Kier molecular flexibility index (Phi) is 9.00. The number of aromatic nitrogens is 5. The maximum atomic E-state index is 13.9. The second kappa shape index (κ2) is 13.6. The third kappa shape index (κ3) is 5.74. The van der Waals surface area contributed by atoms with Crippen molar-refractivity contribution in [2.24, 2.45) is 31.8 Å². The second-order valence-electron chi connectivity index (χ2n) is 14.1. The van der Waals surface area contributed by atoms with Gasteiger partial charge >= 0.3 is 11.7 Å². The van der Waals surface area contributed by atoms with Gasteiger partial charge in [-0.25, -0.2) is 28.5 Å². The quantitative estimate of drug-likeness (QED) is 0.175. The summed E-state index contributed by atoms with van der Waals surface area (Å²) in [5.41, 5.74) is 4.65. The van der Waals surface area contributed by atoms with E-state index in [0.717, 1.165) is 51.8 Å². The number of nitrogens with zero attached hydrogens (tertiary/aromatic N) is 6. The molecule has 1 saturated heterocycles. The predicted molar refractivity (Wildman–Crippen MR) is 199 cm³/mol. The van der Waals surface area contributed by atoms with Gasteiger partial charge in [-0.2, -0.15) is 0 Å². The van der Waals surface area contributed by atoms with E-state index in [1.165, 1.54) is 14.1 Å². The lowest BCUT2D eigenvalue weighted by Crippen LogP contribution is -2.38. The molecule has 2 aliphatic carbocycles. The molecule has 3 unspecified atom stereocenters. The van der Waals surface area contributed by atoms with Gasteiger partial charge in [0.1, 0.15) is 11.2 Å². The SMILES string of the molecule is CCOC(=O)C1C2CN(C3CCc4cc(-c5cccc(-c6cccc(Nc7nc(C(F)F)nc8c7c(=O)n(C)c(=O)n8C)c6C)c5Cl)nc(OC)c43)CC21. The number of rotatable bonds is 9. The van der Waals surface area contributed by atoms with Crippen molar-refractivity contribution in [3.05, 3.63) is 90.8 Å². The minimum absolute atomic E-state index is 0.00938. The lowest BCUT2D eigenvalue weighted by Gasteiger charge is -2.28. The van der Waals surface area contributed by atoms with Crippen molar-refractivity contribution in [2.75, 3.05) is 32.1 Å². The number of benzene rings is 2. The van der Waals surface area contributed by atoms with Crippen LogP contribution in [0, 0.1) is 24.7 Å². The number of hydrogen-bond donors (Lipinski definition) is 1. The number of nitrogens with one attached hydrogen (secondary N) is 1. The number of pyridine rings is 1. The zero-order chi connectivity index (χ0) is 38.2. The van der Waals surface area contributed by atoms with Crippen LogP contribution in [0.25, 0.3) is 33.4 Å². The highest BCUT2D eigenvalue weighted by atomic mass is 35.5. The summed E-state index contributed by atoms with van der Waals surface area (Å²) in [5.74, 6) is 0.191. The van der Waals surface area contributed by atoms with Crippen molar-refractivity contribution < 1.29 is 23.0 Å². The number of esters is 1. The van der Waals surface area contributed by atoms with E-state index in [4.69, 9.17) is 26.1 Å². The molecular weight excluding hydrogens is 720 g/mol. The molecule has 1 aliphatic heterocycles. The lowest BCUT2D eigenvalue weighted by molar-refractivity contribution is -0.145. The summed E-state index contributed by atoms with van der Waals surface area (Å²) in [6.07, 6.45) is -1.27. The van der Waals surface area contributed by atoms with Gasteiger partial charge in [0.05, 0.1) is 30.4 Å². The van der Waals surface area contributed by atoms with Crippen LogP contribution in [0.15, 0.2) is 52.1 Å². The van der Waals surface area contributed by atoms with Gasteiger partial charge in [0.2, 0.25) is 5.88 Å². The van der Waals surface area contributed by atoms with Crippen molar-refractivity contribution in [3.8, 4) is 28.3 Å². The van der Waals surface area contributed by atoms with Gasteiger partial charge in [0, 0.05) is 55.6 Å². The normalized spacial score (nSPS) is 20.3. The largest absolute Gasteiger partial charge is 0.481 e. The average molecular weight is 758 g/mol. The Morgan fingerprint density at radius 1 is 1.02 bits per heavy atom. The number of piperidine rings is 1. The number of anilines is 2. The fourth-order valence-electron chi connectivity index (χ4n) is 8.43. The molecule has 2 aromatic carbocycles. The Morgan fingerprint density at radius 3 is 2.43 bits per heavy atom. The summed E-state index contributed by atoms with van der Waals surface area (Å²) in [7, 11) is 4.29. The van der Waals surface area contributed by atoms with Crippen LogP contribution in [-0.2, 0) is 30.0 Å². The molecule has 15 heteroatoms. The third-order valence-electron chi connectivity index (χ3n) is 11.2. The highest BCUT2D eigenvalue weighted by Crippen LogP contribution is 2.56. The van der Waals surface area contributed by atoms with E-state index in [1.807, 2.05) is 38.1 Å². The Bertz CT molecular complexity index is 2480. The van der Waals surface area contributed by atoms with Crippen LogP contribution in [0.1, 0.15) is 48.3 Å². The third-order valence-corrected chi connectivity index (χ3v) is 11.6. The van der Waals surface area contributed by atoms with Gasteiger partial charge < -0.3 is 14.8 Å². The Balaban J connectivity index is 1.12. The Hall–Kier alpha value is -5.21. The van der Waals surface area contributed by atoms with E-state index in [-0.39, 0.29) is 34.8 Å². The van der Waals surface area contributed by atoms with Gasteiger partial charge in [-0.15, -0.1) is 0 Å². The van der Waals surface area contributed by atoms with Gasteiger partial charge in [-0.1, -0.05) is 41.9 Å². The van der Waals surface area contributed by atoms with E-state index in [9.17, 15) is 23.2 Å². The number of likely N-dealkylation sites (tertiary alicyclic amines) is 1. The van der Waals surface area contributed by atoms with Crippen molar-refractivity contribution in [1.82, 2.24) is 29.0 Å². The maximum absolute atomic E-state index is 13.9. The van der Waals surface area contributed by atoms with E-state index >= 15 is 0 Å². The van der Waals surface area contributed by atoms with E-state index in [1.54, 1.807) is 19.2 Å². The topological polar surface area (TPSA) is 133 Å². The van der Waals surface area contributed by atoms with Crippen LogP contribution >= 0.6 is 11.6 Å². The molecule has 2 fully saturated rings. The average Bonchev–Trinajstić information content (AvgIpc) is 3.42. The maximum Gasteiger partial charge on any atom is 0.332 e. The molecule has 1 saturated carbocycles. The first kappa shape index (κ1) is 35.8. The van der Waals surface area contributed by atoms with Crippen molar-refractivity contribution >= 4 is 40.1 Å². The zero-order valence-electron chi connectivity index (χ0n) is 30.3. The number of carbonyl (C=O) groups excluding carboxylic acids is 1. The summed E-state index contributed by atoms with van der Waals surface area (Å²) >= 11 is 7.20. The number of aryl methyl sites for hydroxylation is 2. The van der Waals surface area contributed by atoms with Crippen LogP contribution in [0.5, 0.6) is 5.88 Å². The lowest BCUT2D eigenvalue weighted by atomic mass is 9.96. The van der Waals surface area contributed by atoms with Gasteiger partial charge in [0.15, 0.2) is 11.5 Å². The summed E-state index contributed by atoms with van der Waals surface area (Å²) in [6, 6.07) is 13.4. The molecule has 5 aromatic rings. The number of alkyl halides is 2. The van der Waals surface area contributed by atoms with Gasteiger partial charge in [0.25, 0.3) is 12.0 Å². The smallest absolute Gasteiger partial charge is 0.332 e. The molecule has 0 bridgehead atoms. The number of halogens is 3. The first-order valence-electron chi connectivity index (χ1n) is 17.8. The van der Waals surface area contributed by atoms with Crippen molar-refractivity contribution in [3.63, 3.8) is 0 Å². The highest BCUT2D eigenvalue weighted by molar-refractivity contribution is 6.36. The minimum Gasteiger partial charge on any atom is -0.481 e. The molecule has 0 radical (unpaired) electrons. The van der Waals surface area contributed by atoms with Crippen LogP contribution in [0.4, 0.5) is 20.3 Å². The van der Waals surface area contributed by atoms with Crippen molar-refractivity contribution in [2.45, 2.75) is 39.2 Å². The number of methoxy groups -OCH3 is 1. The predicted octanol–water partition coefficient (Wildman–Crippen LogP) is 6.14.